The van der Waals surface area contributed by atoms with Crippen molar-refractivity contribution < 1.29 is 9.84 Å². The van der Waals surface area contributed by atoms with Gasteiger partial charge in [-0.05, 0) is 36.4 Å². The number of para-hydroxylation sites is 1. The zero-order chi connectivity index (χ0) is 21.9. The topological polar surface area (TPSA) is 47.3 Å². The highest BCUT2D eigenvalue weighted by atomic mass is 16.5. The molecular formula is C28H22N2O2. The monoisotopic (exact) mass is 418 g/mol. The number of hydrogen-bond donors (Lipinski definition) is 1. The van der Waals surface area contributed by atoms with Gasteiger partial charge in [-0.1, -0.05) is 72.8 Å². The van der Waals surface area contributed by atoms with Crippen LogP contribution in [0.4, 0.5) is 0 Å². The number of benzene rings is 4. The molecule has 0 radical (unpaired) electrons. The molecule has 5 rings (SSSR count). The van der Waals surface area contributed by atoms with Crippen molar-refractivity contribution in [3.8, 4) is 51.1 Å². The van der Waals surface area contributed by atoms with Gasteiger partial charge in [-0.25, -0.2) is 4.98 Å². The first-order valence-electron chi connectivity index (χ1n) is 10.4. The summed E-state index contributed by atoms with van der Waals surface area (Å²) < 4.78 is 7.47. The van der Waals surface area contributed by atoms with Gasteiger partial charge in [-0.2, -0.15) is 0 Å². The molecule has 0 aliphatic rings. The first-order valence-corrected chi connectivity index (χ1v) is 10.4. The third kappa shape index (κ3) is 3.52. The molecule has 4 heteroatoms. The Balaban J connectivity index is 1.88. The van der Waals surface area contributed by atoms with Gasteiger partial charge in [0, 0.05) is 16.8 Å². The summed E-state index contributed by atoms with van der Waals surface area (Å²) in [4.78, 5) is 5.08. The van der Waals surface area contributed by atoms with E-state index in [9.17, 15) is 5.11 Å². The Bertz CT molecular complexity index is 1340. The average molecular weight is 418 g/mol. The largest absolute Gasteiger partial charge is 0.507 e. The summed E-state index contributed by atoms with van der Waals surface area (Å²) >= 11 is 0. The quantitative estimate of drug-likeness (QED) is 0.350. The highest BCUT2D eigenvalue weighted by molar-refractivity contribution is 5.85. The summed E-state index contributed by atoms with van der Waals surface area (Å²) in [5, 5.41) is 10.7. The zero-order valence-corrected chi connectivity index (χ0v) is 17.6. The molecule has 1 N–H and O–H groups in total. The van der Waals surface area contributed by atoms with E-state index in [0.717, 1.165) is 34.0 Å². The molecule has 0 amide bonds. The molecule has 156 valence electrons. The molecule has 0 bridgehead atoms. The standard InChI is InChI=1S/C28H22N2O2/c1-32-23-18-16-22(17-19-23)30-27(21-12-6-3-7-13-21)26(20-10-4-2-5-11-20)29-28(30)24-14-8-9-15-25(24)31/h2-19,31H,1H3. The van der Waals surface area contributed by atoms with Crippen LogP contribution in [0.15, 0.2) is 109 Å². The first-order chi connectivity index (χ1) is 15.8. The van der Waals surface area contributed by atoms with Crippen LogP contribution in [-0.4, -0.2) is 21.8 Å². The SMILES string of the molecule is COc1ccc(-n2c(-c3ccccc3O)nc(-c3ccccc3)c2-c2ccccc2)cc1. The van der Waals surface area contributed by atoms with Crippen LogP contribution in [-0.2, 0) is 0 Å². The van der Waals surface area contributed by atoms with E-state index in [-0.39, 0.29) is 5.75 Å². The molecule has 1 aromatic heterocycles. The smallest absolute Gasteiger partial charge is 0.149 e. The Kier molecular flexibility index (Phi) is 5.18. The van der Waals surface area contributed by atoms with Gasteiger partial charge >= 0.3 is 0 Å². The van der Waals surface area contributed by atoms with Crippen LogP contribution in [0, 0.1) is 0 Å². The molecule has 4 aromatic carbocycles. The molecule has 0 spiro atoms. The van der Waals surface area contributed by atoms with Crippen molar-refractivity contribution >= 4 is 0 Å². The Morgan fingerprint density at radius 2 is 1.28 bits per heavy atom. The van der Waals surface area contributed by atoms with Crippen molar-refractivity contribution in [1.29, 1.82) is 0 Å². The second-order valence-corrected chi connectivity index (χ2v) is 7.42. The third-order valence-corrected chi connectivity index (χ3v) is 5.45. The van der Waals surface area contributed by atoms with Gasteiger partial charge in [-0.15, -0.1) is 0 Å². The molecule has 32 heavy (non-hydrogen) atoms. The number of aromatic hydroxyl groups is 1. The number of phenols is 1. The summed E-state index contributed by atoms with van der Waals surface area (Å²) in [7, 11) is 1.66. The number of ether oxygens (including phenoxy) is 1. The van der Waals surface area contributed by atoms with Gasteiger partial charge in [-0.3, -0.25) is 4.57 Å². The molecule has 5 aromatic rings. The summed E-state index contributed by atoms with van der Waals surface area (Å²) in [6.07, 6.45) is 0. The maximum Gasteiger partial charge on any atom is 0.149 e. The van der Waals surface area contributed by atoms with Gasteiger partial charge < -0.3 is 9.84 Å². The molecule has 0 aliphatic carbocycles. The minimum absolute atomic E-state index is 0.187. The lowest BCUT2D eigenvalue weighted by Gasteiger charge is -2.14. The fourth-order valence-corrected chi connectivity index (χ4v) is 3.91. The van der Waals surface area contributed by atoms with Gasteiger partial charge in [0.2, 0.25) is 0 Å². The van der Waals surface area contributed by atoms with Crippen molar-refractivity contribution in [2.75, 3.05) is 7.11 Å². The maximum atomic E-state index is 10.7. The van der Waals surface area contributed by atoms with E-state index in [1.54, 1.807) is 13.2 Å². The summed E-state index contributed by atoms with van der Waals surface area (Å²) in [6, 6.07) is 35.5. The fourth-order valence-electron chi connectivity index (χ4n) is 3.91. The lowest BCUT2D eigenvalue weighted by Crippen LogP contribution is -2.00. The van der Waals surface area contributed by atoms with Gasteiger partial charge in [0.05, 0.1) is 24.1 Å². The first kappa shape index (κ1) is 19.6. The zero-order valence-electron chi connectivity index (χ0n) is 17.6. The van der Waals surface area contributed by atoms with Crippen LogP contribution in [0.3, 0.4) is 0 Å². The van der Waals surface area contributed by atoms with Crippen molar-refractivity contribution in [3.05, 3.63) is 109 Å². The van der Waals surface area contributed by atoms with E-state index in [1.807, 2.05) is 78.9 Å². The van der Waals surface area contributed by atoms with E-state index < -0.39 is 0 Å². The predicted molar refractivity (Wildman–Crippen MR) is 128 cm³/mol. The molecule has 1 heterocycles. The van der Waals surface area contributed by atoms with Crippen molar-refractivity contribution in [3.63, 3.8) is 0 Å². The molecule has 4 nitrogen and oxygen atoms in total. The number of phenolic OH excluding ortho intramolecular Hbond substituents is 1. The van der Waals surface area contributed by atoms with Crippen LogP contribution in [0.25, 0.3) is 39.6 Å². The highest BCUT2D eigenvalue weighted by Gasteiger charge is 2.23. The van der Waals surface area contributed by atoms with Crippen molar-refractivity contribution in [1.82, 2.24) is 9.55 Å². The normalized spacial score (nSPS) is 10.8. The predicted octanol–water partition coefficient (Wildman–Crippen LogP) is 6.59. The van der Waals surface area contributed by atoms with Gasteiger partial charge in [0.1, 0.15) is 17.3 Å². The second kappa shape index (κ2) is 8.44. The van der Waals surface area contributed by atoms with E-state index in [1.165, 1.54) is 0 Å². The van der Waals surface area contributed by atoms with Crippen molar-refractivity contribution in [2.45, 2.75) is 0 Å². The van der Waals surface area contributed by atoms with Crippen LogP contribution >= 0.6 is 0 Å². The molecule has 0 aliphatic heterocycles. The van der Waals surface area contributed by atoms with Gasteiger partial charge in [0.25, 0.3) is 0 Å². The number of methoxy groups -OCH3 is 1. The Hall–Kier alpha value is -4.31. The van der Waals surface area contributed by atoms with Crippen LogP contribution in [0.2, 0.25) is 0 Å². The van der Waals surface area contributed by atoms with E-state index >= 15 is 0 Å². The third-order valence-electron chi connectivity index (χ3n) is 5.45. The highest BCUT2D eigenvalue weighted by Crippen LogP contribution is 2.40. The second-order valence-electron chi connectivity index (χ2n) is 7.42. The summed E-state index contributed by atoms with van der Waals surface area (Å²) in [5.41, 5.74) is 5.46. The van der Waals surface area contributed by atoms with Gasteiger partial charge in [0.15, 0.2) is 0 Å². The lowest BCUT2D eigenvalue weighted by atomic mass is 10.0. The Morgan fingerprint density at radius 1 is 0.688 bits per heavy atom. The molecule has 0 saturated carbocycles. The number of imidazole rings is 1. The fraction of sp³-hybridized carbons (Fsp3) is 0.0357. The Morgan fingerprint density at radius 3 is 1.91 bits per heavy atom. The molecular weight excluding hydrogens is 396 g/mol. The summed E-state index contributed by atoms with van der Waals surface area (Å²) in [5.74, 6) is 1.64. The minimum Gasteiger partial charge on any atom is -0.507 e. The summed E-state index contributed by atoms with van der Waals surface area (Å²) in [6.45, 7) is 0. The van der Waals surface area contributed by atoms with E-state index in [2.05, 4.69) is 28.8 Å². The number of hydrogen-bond acceptors (Lipinski definition) is 3. The number of rotatable bonds is 5. The van der Waals surface area contributed by atoms with Crippen LogP contribution < -0.4 is 4.74 Å². The molecule has 0 saturated heterocycles. The van der Waals surface area contributed by atoms with E-state index in [0.29, 0.717) is 11.4 Å². The average Bonchev–Trinajstić information content (AvgIpc) is 3.26. The molecule has 0 unspecified atom stereocenters. The van der Waals surface area contributed by atoms with Crippen LogP contribution in [0.5, 0.6) is 11.5 Å². The number of aromatic nitrogens is 2. The number of nitrogens with zero attached hydrogens (tertiary/aromatic N) is 2. The Labute approximate surface area is 187 Å². The molecule has 0 atom stereocenters. The molecule has 0 fully saturated rings. The van der Waals surface area contributed by atoms with E-state index in [4.69, 9.17) is 9.72 Å². The van der Waals surface area contributed by atoms with Crippen LogP contribution in [0.1, 0.15) is 0 Å². The minimum atomic E-state index is 0.187. The maximum absolute atomic E-state index is 10.7. The lowest BCUT2D eigenvalue weighted by molar-refractivity contribution is 0.415. The van der Waals surface area contributed by atoms with Crippen molar-refractivity contribution in [2.24, 2.45) is 0 Å².